The van der Waals surface area contributed by atoms with Crippen LogP contribution in [0, 0.1) is 0 Å². The first-order chi connectivity index (χ1) is 12.2. The van der Waals surface area contributed by atoms with Gasteiger partial charge >= 0.3 is 0 Å². The number of benzene rings is 2. The van der Waals surface area contributed by atoms with Crippen LogP contribution in [0.4, 0.5) is 0 Å². The lowest BCUT2D eigenvalue weighted by atomic mass is 9.97. The fourth-order valence-corrected chi connectivity index (χ4v) is 2.84. The van der Waals surface area contributed by atoms with E-state index in [0.29, 0.717) is 13.0 Å². The molecule has 0 radical (unpaired) electrons. The Morgan fingerprint density at radius 3 is 2.68 bits per heavy atom. The van der Waals surface area contributed by atoms with Gasteiger partial charge in [-0.15, -0.1) is 0 Å². The summed E-state index contributed by atoms with van der Waals surface area (Å²) in [6.45, 7) is 2.94. The molecule has 132 valence electrons. The van der Waals surface area contributed by atoms with Crippen LogP contribution in [0.5, 0.6) is 17.2 Å². The van der Waals surface area contributed by atoms with Gasteiger partial charge in [-0.2, -0.15) is 0 Å². The molecule has 1 N–H and O–H groups in total. The molecule has 3 rings (SSSR count). The summed E-state index contributed by atoms with van der Waals surface area (Å²) in [6.07, 6.45) is 1.23. The second-order valence-electron chi connectivity index (χ2n) is 6.17. The minimum atomic E-state index is 0.0593. The zero-order valence-electron chi connectivity index (χ0n) is 14.6. The molecular weight excluding hydrogens is 318 g/mol. The molecule has 2 aromatic rings. The number of rotatable bonds is 7. The summed E-state index contributed by atoms with van der Waals surface area (Å²) >= 11 is 0. The van der Waals surface area contributed by atoms with Gasteiger partial charge in [0, 0.05) is 13.0 Å². The predicted molar refractivity (Wildman–Crippen MR) is 95.3 cm³/mol. The van der Waals surface area contributed by atoms with Crippen molar-refractivity contribution >= 4 is 5.91 Å². The average Bonchev–Trinajstić information content (AvgIpc) is 3.09. The van der Waals surface area contributed by atoms with Gasteiger partial charge in [-0.25, -0.2) is 0 Å². The monoisotopic (exact) mass is 341 g/mol. The molecule has 5 heteroatoms. The molecule has 2 aromatic carbocycles. The SMILES string of the molecule is COc1ccc(C(C)CC(=O)NCCc2ccc3c(c2)OCO3)cc1. The van der Waals surface area contributed by atoms with Crippen LogP contribution in [0.1, 0.15) is 30.4 Å². The normalized spacial score (nSPS) is 13.4. The fraction of sp³-hybridized carbons (Fsp3) is 0.350. The Bertz CT molecular complexity index is 727. The Labute approximate surface area is 147 Å². The van der Waals surface area contributed by atoms with Crippen molar-refractivity contribution in [1.29, 1.82) is 0 Å². The number of carbonyl (C=O) groups excluding carboxylic acids is 1. The molecule has 0 aromatic heterocycles. The molecule has 1 atom stereocenters. The third-order valence-corrected chi connectivity index (χ3v) is 4.35. The highest BCUT2D eigenvalue weighted by molar-refractivity contribution is 5.76. The number of ether oxygens (including phenoxy) is 3. The standard InChI is InChI=1S/C20H23NO4/c1-14(16-4-6-17(23-2)7-5-16)11-20(22)21-10-9-15-3-8-18-19(12-15)25-13-24-18/h3-8,12,14H,9-11,13H2,1-2H3,(H,21,22). The molecule has 1 unspecified atom stereocenters. The first kappa shape index (κ1) is 17.1. The Hall–Kier alpha value is -2.69. The molecule has 0 bridgehead atoms. The summed E-state index contributed by atoms with van der Waals surface area (Å²) in [7, 11) is 1.64. The van der Waals surface area contributed by atoms with Crippen LogP contribution in [0.25, 0.3) is 0 Å². The molecule has 0 saturated carbocycles. The maximum absolute atomic E-state index is 12.1. The topological polar surface area (TPSA) is 56.8 Å². The minimum absolute atomic E-state index is 0.0593. The van der Waals surface area contributed by atoms with E-state index in [1.54, 1.807) is 7.11 Å². The highest BCUT2D eigenvalue weighted by atomic mass is 16.7. The predicted octanol–water partition coefficient (Wildman–Crippen LogP) is 3.28. The molecule has 1 amide bonds. The molecule has 5 nitrogen and oxygen atoms in total. The number of hydrogen-bond acceptors (Lipinski definition) is 4. The van der Waals surface area contributed by atoms with Gasteiger partial charge in [0.2, 0.25) is 12.7 Å². The second kappa shape index (κ2) is 7.92. The summed E-state index contributed by atoms with van der Waals surface area (Å²) in [4.78, 5) is 12.1. The van der Waals surface area contributed by atoms with Crippen molar-refractivity contribution < 1.29 is 19.0 Å². The minimum Gasteiger partial charge on any atom is -0.497 e. The van der Waals surface area contributed by atoms with Crippen LogP contribution >= 0.6 is 0 Å². The van der Waals surface area contributed by atoms with E-state index in [1.165, 1.54) is 0 Å². The van der Waals surface area contributed by atoms with E-state index in [9.17, 15) is 4.79 Å². The summed E-state index contributed by atoms with van der Waals surface area (Å²) in [6, 6.07) is 13.7. The lowest BCUT2D eigenvalue weighted by Crippen LogP contribution is -2.26. The van der Waals surface area contributed by atoms with E-state index in [1.807, 2.05) is 42.5 Å². The molecule has 0 fully saturated rings. The number of fused-ring (bicyclic) bond motifs is 1. The van der Waals surface area contributed by atoms with E-state index in [4.69, 9.17) is 14.2 Å². The molecule has 1 heterocycles. The van der Waals surface area contributed by atoms with Crippen molar-refractivity contribution in [3.8, 4) is 17.2 Å². The van der Waals surface area contributed by atoms with Gasteiger partial charge in [0.25, 0.3) is 0 Å². The van der Waals surface area contributed by atoms with E-state index < -0.39 is 0 Å². The molecule has 1 aliphatic rings. The zero-order chi connectivity index (χ0) is 17.6. The van der Waals surface area contributed by atoms with Gasteiger partial charge in [0.15, 0.2) is 11.5 Å². The van der Waals surface area contributed by atoms with Gasteiger partial charge in [-0.3, -0.25) is 4.79 Å². The Balaban J connectivity index is 1.44. The highest BCUT2D eigenvalue weighted by Gasteiger charge is 2.14. The maximum atomic E-state index is 12.1. The van der Waals surface area contributed by atoms with Crippen molar-refractivity contribution in [1.82, 2.24) is 5.32 Å². The van der Waals surface area contributed by atoms with E-state index >= 15 is 0 Å². The number of amides is 1. The molecule has 0 spiro atoms. The lowest BCUT2D eigenvalue weighted by molar-refractivity contribution is -0.121. The van der Waals surface area contributed by atoms with E-state index in [2.05, 4.69) is 12.2 Å². The van der Waals surface area contributed by atoms with Crippen molar-refractivity contribution in [2.45, 2.75) is 25.7 Å². The summed E-state index contributed by atoms with van der Waals surface area (Å²) in [5.41, 5.74) is 2.25. The zero-order valence-corrected chi connectivity index (χ0v) is 14.6. The summed E-state index contributed by atoms with van der Waals surface area (Å²) < 4.78 is 15.8. The van der Waals surface area contributed by atoms with Crippen LogP contribution in [-0.4, -0.2) is 26.4 Å². The number of nitrogens with one attached hydrogen (secondary N) is 1. The Morgan fingerprint density at radius 2 is 1.92 bits per heavy atom. The number of methoxy groups -OCH3 is 1. The summed E-state index contributed by atoms with van der Waals surface area (Å²) in [5.74, 6) is 2.60. The van der Waals surface area contributed by atoms with Gasteiger partial charge in [0.1, 0.15) is 5.75 Å². The Kier molecular flexibility index (Phi) is 5.43. The fourth-order valence-electron chi connectivity index (χ4n) is 2.84. The van der Waals surface area contributed by atoms with Crippen molar-refractivity contribution in [2.24, 2.45) is 0 Å². The molecule has 0 aliphatic carbocycles. The lowest BCUT2D eigenvalue weighted by Gasteiger charge is -2.13. The first-order valence-electron chi connectivity index (χ1n) is 8.45. The van der Waals surface area contributed by atoms with Crippen molar-refractivity contribution in [3.05, 3.63) is 53.6 Å². The van der Waals surface area contributed by atoms with Gasteiger partial charge in [-0.1, -0.05) is 25.1 Å². The van der Waals surface area contributed by atoms with Crippen LogP contribution in [0.15, 0.2) is 42.5 Å². The van der Waals surface area contributed by atoms with E-state index in [-0.39, 0.29) is 18.6 Å². The molecule has 0 saturated heterocycles. The smallest absolute Gasteiger partial charge is 0.231 e. The largest absolute Gasteiger partial charge is 0.497 e. The maximum Gasteiger partial charge on any atom is 0.231 e. The van der Waals surface area contributed by atoms with Gasteiger partial charge in [-0.05, 0) is 47.7 Å². The quantitative estimate of drug-likeness (QED) is 0.840. The molecule has 1 aliphatic heterocycles. The van der Waals surface area contributed by atoms with Gasteiger partial charge in [0.05, 0.1) is 7.11 Å². The Morgan fingerprint density at radius 1 is 1.16 bits per heavy atom. The molecular formula is C20H23NO4. The average molecular weight is 341 g/mol. The number of hydrogen-bond donors (Lipinski definition) is 1. The summed E-state index contributed by atoms with van der Waals surface area (Å²) in [5, 5.41) is 2.99. The van der Waals surface area contributed by atoms with Crippen LogP contribution in [0.3, 0.4) is 0 Å². The molecule has 25 heavy (non-hydrogen) atoms. The van der Waals surface area contributed by atoms with Gasteiger partial charge < -0.3 is 19.5 Å². The van der Waals surface area contributed by atoms with Crippen molar-refractivity contribution in [3.63, 3.8) is 0 Å². The third kappa shape index (κ3) is 4.44. The third-order valence-electron chi connectivity index (χ3n) is 4.35. The van der Waals surface area contributed by atoms with Crippen LogP contribution in [-0.2, 0) is 11.2 Å². The van der Waals surface area contributed by atoms with Crippen LogP contribution in [0.2, 0.25) is 0 Å². The van der Waals surface area contributed by atoms with Crippen molar-refractivity contribution in [2.75, 3.05) is 20.4 Å². The second-order valence-corrected chi connectivity index (χ2v) is 6.17. The highest BCUT2D eigenvalue weighted by Crippen LogP contribution is 2.32. The first-order valence-corrected chi connectivity index (χ1v) is 8.45. The van der Waals surface area contributed by atoms with E-state index in [0.717, 1.165) is 34.8 Å². The number of carbonyl (C=O) groups is 1. The van der Waals surface area contributed by atoms with Crippen LogP contribution < -0.4 is 19.5 Å².